The summed E-state index contributed by atoms with van der Waals surface area (Å²) in [7, 11) is 0. The van der Waals surface area contributed by atoms with Gasteiger partial charge in [-0.1, -0.05) is 42.5 Å². The van der Waals surface area contributed by atoms with Gasteiger partial charge >= 0.3 is 5.97 Å². The number of benzene rings is 2. The third kappa shape index (κ3) is 3.02. The molecule has 0 amide bonds. The number of carboxylic acid groups (broad SMARTS) is 1. The number of nitrogens with one attached hydrogen (secondary N) is 1. The topological polar surface area (TPSA) is 83.3 Å². The molecule has 6 nitrogen and oxygen atoms in total. The van der Waals surface area contributed by atoms with Gasteiger partial charge < -0.3 is 5.11 Å². The molecule has 2 aromatic carbocycles. The number of nitrogens with zero attached hydrogens (tertiary/aromatic N) is 3. The Balaban J connectivity index is 2.07. The molecule has 7 heteroatoms. The van der Waals surface area contributed by atoms with Crippen molar-refractivity contribution in [3.63, 3.8) is 0 Å². The highest BCUT2D eigenvalue weighted by atomic mass is 32.1. The number of rotatable bonds is 4. The second-order valence-corrected chi connectivity index (χ2v) is 5.50. The van der Waals surface area contributed by atoms with Gasteiger partial charge in [0, 0.05) is 11.1 Å². The van der Waals surface area contributed by atoms with Gasteiger partial charge in [-0.05, 0) is 30.8 Å². The number of aromatic nitrogens is 3. The molecule has 0 radical (unpaired) electrons. The lowest BCUT2D eigenvalue weighted by Gasteiger charge is -2.04. The average molecular weight is 338 g/mol. The summed E-state index contributed by atoms with van der Waals surface area (Å²) >= 11 is 5.23. The van der Waals surface area contributed by atoms with Crippen LogP contribution in [0.2, 0.25) is 0 Å². The van der Waals surface area contributed by atoms with E-state index in [0.29, 0.717) is 16.2 Å². The van der Waals surface area contributed by atoms with E-state index in [1.807, 2.05) is 31.2 Å². The molecular formula is C17H14N4O2S. The molecule has 0 bridgehead atoms. The van der Waals surface area contributed by atoms with Gasteiger partial charge in [0.15, 0.2) is 5.82 Å². The van der Waals surface area contributed by atoms with E-state index in [2.05, 4.69) is 15.3 Å². The van der Waals surface area contributed by atoms with E-state index in [-0.39, 0.29) is 5.56 Å². The van der Waals surface area contributed by atoms with Crippen LogP contribution in [-0.4, -0.2) is 32.2 Å². The molecule has 24 heavy (non-hydrogen) atoms. The number of carbonyl (C=O) groups is 1. The molecule has 0 aliphatic carbocycles. The molecule has 3 aromatic rings. The summed E-state index contributed by atoms with van der Waals surface area (Å²) in [5, 5.41) is 20.5. The van der Waals surface area contributed by atoms with Crippen molar-refractivity contribution in [3.8, 4) is 11.4 Å². The zero-order valence-corrected chi connectivity index (χ0v) is 13.6. The van der Waals surface area contributed by atoms with Gasteiger partial charge in [-0.15, -0.1) is 0 Å². The molecule has 0 aliphatic rings. The van der Waals surface area contributed by atoms with Crippen LogP contribution in [0.5, 0.6) is 0 Å². The van der Waals surface area contributed by atoms with E-state index in [1.165, 1.54) is 17.0 Å². The molecule has 0 saturated heterocycles. The van der Waals surface area contributed by atoms with Crippen molar-refractivity contribution in [2.45, 2.75) is 6.92 Å². The predicted octanol–water partition coefficient (Wildman–Crippen LogP) is 3.50. The van der Waals surface area contributed by atoms with Gasteiger partial charge in [-0.25, -0.2) is 9.89 Å². The lowest BCUT2D eigenvalue weighted by atomic mass is 10.1. The minimum atomic E-state index is -1.01. The normalized spacial score (nSPS) is 11.0. The van der Waals surface area contributed by atoms with Crippen molar-refractivity contribution in [3.05, 3.63) is 70.0 Å². The van der Waals surface area contributed by atoms with Crippen LogP contribution in [0.15, 0.2) is 53.6 Å². The van der Waals surface area contributed by atoms with Crippen LogP contribution in [-0.2, 0) is 0 Å². The van der Waals surface area contributed by atoms with Crippen LogP contribution in [0.4, 0.5) is 0 Å². The van der Waals surface area contributed by atoms with Gasteiger partial charge in [0.1, 0.15) is 0 Å². The molecule has 3 rings (SSSR count). The highest BCUT2D eigenvalue weighted by Crippen LogP contribution is 2.21. The number of carboxylic acids is 1. The Morgan fingerprint density at radius 3 is 2.71 bits per heavy atom. The van der Waals surface area contributed by atoms with Gasteiger partial charge in [-0.2, -0.15) is 14.9 Å². The SMILES string of the molecule is Cc1ccccc1-c1n[nH]c(=S)n1N=Cc1ccccc1C(=O)O. The van der Waals surface area contributed by atoms with Crippen molar-refractivity contribution < 1.29 is 9.90 Å². The minimum Gasteiger partial charge on any atom is -0.478 e. The Hall–Kier alpha value is -3.06. The first-order valence-corrected chi connectivity index (χ1v) is 7.59. The number of H-pyrrole nitrogens is 1. The Kier molecular flexibility index (Phi) is 4.35. The summed E-state index contributed by atoms with van der Waals surface area (Å²) in [6.07, 6.45) is 1.47. The van der Waals surface area contributed by atoms with Crippen LogP contribution >= 0.6 is 12.2 Å². The van der Waals surface area contributed by atoms with Crippen molar-refractivity contribution in [2.24, 2.45) is 5.10 Å². The van der Waals surface area contributed by atoms with Crippen molar-refractivity contribution in [1.29, 1.82) is 0 Å². The monoisotopic (exact) mass is 338 g/mol. The van der Waals surface area contributed by atoms with Gasteiger partial charge in [0.2, 0.25) is 4.77 Å². The summed E-state index contributed by atoms with van der Waals surface area (Å²) in [6.45, 7) is 1.97. The number of aromatic carboxylic acids is 1. The molecule has 0 aliphatic heterocycles. The van der Waals surface area contributed by atoms with E-state index >= 15 is 0 Å². The lowest BCUT2D eigenvalue weighted by Crippen LogP contribution is -2.02. The van der Waals surface area contributed by atoms with Crippen LogP contribution in [0.25, 0.3) is 11.4 Å². The van der Waals surface area contributed by atoms with Crippen LogP contribution < -0.4 is 0 Å². The number of aryl methyl sites for hydroxylation is 1. The molecule has 0 spiro atoms. The summed E-state index contributed by atoms with van der Waals surface area (Å²) in [6, 6.07) is 14.4. The third-order valence-corrected chi connectivity index (χ3v) is 3.80. The summed E-state index contributed by atoms with van der Waals surface area (Å²) < 4.78 is 1.81. The van der Waals surface area contributed by atoms with Crippen LogP contribution in [0, 0.1) is 11.7 Å². The number of hydrogen-bond acceptors (Lipinski definition) is 4. The highest BCUT2D eigenvalue weighted by Gasteiger charge is 2.11. The van der Waals surface area contributed by atoms with E-state index in [4.69, 9.17) is 12.2 Å². The molecule has 2 N–H and O–H groups in total. The second-order valence-electron chi connectivity index (χ2n) is 5.12. The Morgan fingerprint density at radius 1 is 1.25 bits per heavy atom. The van der Waals surface area contributed by atoms with Crippen LogP contribution in [0.1, 0.15) is 21.5 Å². The molecule has 0 atom stereocenters. The maximum absolute atomic E-state index is 11.3. The Morgan fingerprint density at radius 2 is 1.96 bits per heavy atom. The summed E-state index contributed by atoms with van der Waals surface area (Å²) in [4.78, 5) is 11.3. The van der Waals surface area contributed by atoms with E-state index in [1.54, 1.807) is 18.2 Å². The molecule has 0 fully saturated rings. The first-order chi connectivity index (χ1) is 11.6. The first kappa shape index (κ1) is 15.8. The molecular weight excluding hydrogens is 324 g/mol. The van der Waals surface area contributed by atoms with E-state index in [0.717, 1.165) is 11.1 Å². The zero-order chi connectivity index (χ0) is 17.1. The third-order valence-electron chi connectivity index (χ3n) is 3.54. The lowest BCUT2D eigenvalue weighted by molar-refractivity contribution is 0.0697. The van der Waals surface area contributed by atoms with Crippen molar-refractivity contribution >= 4 is 24.4 Å². The predicted molar refractivity (Wildman–Crippen MR) is 94.0 cm³/mol. The second kappa shape index (κ2) is 6.59. The van der Waals surface area contributed by atoms with Gasteiger partial charge in [-0.3, -0.25) is 0 Å². The molecule has 1 aromatic heterocycles. The first-order valence-electron chi connectivity index (χ1n) is 7.18. The zero-order valence-electron chi connectivity index (χ0n) is 12.8. The maximum Gasteiger partial charge on any atom is 0.336 e. The quantitative estimate of drug-likeness (QED) is 0.563. The molecule has 0 unspecified atom stereocenters. The van der Waals surface area contributed by atoms with Crippen LogP contribution in [0.3, 0.4) is 0 Å². The highest BCUT2D eigenvalue weighted by molar-refractivity contribution is 7.71. The van der Waals surface area contributed by atoms with Gasteiger partial charge in [0.05, 0.1) is 11.8 Å². The average Bonchev–Trinajstić information content (AvgIpc) is 2.94. The van der Waals surface area contributed by atoms with E-state index < -0.39 is 5.97 Å². The standard InChI is InChI=1S/C17H14N4O2S/c1-11-6-2-4-8-13(11)15-19-20-17(24)21(15)18-10-12-7-3-5-9-14(12)16(22)23/h2-10H,1H3,(H,20,24)(H,22,23). The largest absolute Gasteiger partial charge is 0.478 e. The molecule has 0 saturated carbocycles. The Bertz CT molecular complexity index is 988. The summed E-state index contributed by atoms with van der Waals surface area (Å²) in [5.74, 6) is -0.436. The fraction of sp³-hybridized carbons (Fsp3) is 0.0588. The Labute approximate surface area is 143 Å². The fourth-order valence-corrected chi connectivity index (χ4v) is 2.50. The van der Waals surface area contributed by atoms with Crippen molar-refractivity contribution in [1.82, 2.24) is 14.9 Å². The smallest absolute Gasteiger partial charge is 0.336 e. The molecule has 1 heterocycles. The van der Waals surface area contributed by atoms with Gasteiger partial charge in [0.25, 0.3) is 0 Å². The van der Waals surface area contributed by atoms with E-state index in [9.17, 15) is 9.90 Å². The summed E-state index contributed by atoms with van der Waals surface area (Å²) in [5.41, 5.74) is 2.60. The number of hydrogen-bond donors (Lipinski definition) is 2. The number of aromatic amines is 1. The molecule has 120 valence electrons. The van der Waals surface area contributed by atoms with Crippen molar-refractivity contribution in [2.75, 3.05) is 0 Å². The fourth-order valence-electron chi connectivity index (χ4n) is 2.32. The minimum absolute atomic E-state index is 0.175. The maximum atomic E-state index is 11.3.